The lowest BCUT2D eigenvalue weighted by Crippen LogP contribution is -1.90. The fourth-order valence-electron chi connectivity index (χ4n) is 1.39. The molecular weight excluding hydrogens is 276 g/mol. The van der Waals surface area contributed by atoms with E-state index in [9.17, 15) is 0 Å². The first kappa shape index (κ1) is 12.9. The summed E-state index contributed by atoms with van der Waals surface area (Å²) in [6.45, 7) is 4.21. The number of hydrogen-bond acceptors (Lipinski definition) is 6. The van der Waals surface area contributed by atoms with E-state index < -0.39 is 0 Å². The Balaban J connectivity index is 2.21. The maximum atomic E-state index is 5.66. The van der Waals surface area contributed by atoms with Crippen molar-refractivity contribution in [3.05, 3.63) is 10.7 Å². The minimum absolute atomic E-state index is 0.360. The fraction of sp³-hybridized carbons (Fsp3) is 0.600. The molecular formula is C10H13ClN4S2. The first-order valence-electron chi connectivity index (χ1n) is 5.43. The molecule has 2 rings (SSSR count). The van der Waals surface area contributed by atoms with Crippen LogP contribution in [0.15, 0.2) is 0 Å². The third-order valence-electron chi connectivity index (χ3n) is 2.25. The standard InChI is InChI=1S/C10H13ClN4S2/c1-6(2)8-9(17-15-13-8)10-14-12-7(16-10)4-3-5-11/h6H,3-5H2,1-2H3. The summed E-state index contributed by atoms with van der Waals surface area (Å²) in [5.74, 6) is 1.02. The molecule has 0 atom stereocenters. The summed E-state index contributed by atoms with van der Waals surface area (Å²) < 4.78 is 4.00. The lowest BCUT2D eigenvalue weighted by molar-refractivity contribution is 0.813. The van der Waals surface area contributed by atoms with Crippen LogP contribution in [-0.2, 0) is 6.42 Å². The van der Waals surface area contributed by atoms with Gasteiger partial charge in [0.25, 0.3) is 0 Å². The van der Waals surface area contributed by atoms with Crippen molar-refractivity contribution in [1.82, 2.24) is 19.8 Å². The minimum Gasteiger partial charge on any atom is -0.143 e. The van der Waals surface area contributed by atoms with Crippen LogP contribution >= 0.6 is 34.5 Å². The Morgan fingerprint density at radius 3 is 2.76 bits per heavy atom. The molecule has 0 aliphatic carbocycles. The molecule has 0 saturated heterocycles. The maximum Gasteiger partial charge on any atom is 0.161 e. The first-order chi connectivity index (χ1) is 8.22. The van der Waals surface area contributed by atoms with Crippen LogP contribution in [0.2, 0.25) is 0 Å². The molecule has 0 radical (unpaired) electrons. The quantitative estimate of drug-likeness (QED) is 0.792. The van der Waals surface area contributed by atoms with E-state index in [-0.39, 0.29) is 0 Å². The van der Waals surface area contributed by atoms with Crippen molar-refractivity contribution in [3.8, 4) is 9.88 Å². The van der Waals surface area contributed by atoms with Gasteiger partial charge in [-0.2, -0.15) is 0 Å². The van der Waals surface area contributed by atoms with Gasteiger partial charge in [-0.15, -0.1) is 26.9 Å². The highest BCUT2D eigenvalue weighted by molar-refractivity contribution is 7.19. The molecule has 0 aliphatic heterocycles. The third kappa shape index (κ3) is 3.00. The number of rotatable bonds is 5. The van der Waals surface area contributed by atoms with Crippen molar-refractivity contribution in [3.63, 3.8) is 0 Å². The fourth-order valence-corrected chi connectivity index (χ4v) is 3.29. The Labute approximate surface area is 113 Å². The summed E-state index contributed by atoms with van der Waals surface area (Å²) in [6.07, 6.45) is 1.83. The Hall–Kier alpha value is -0.590. The second kappa shape index (κ2) is 5.84. The highest BCUT2D eigenvalue weighted by Gasteiger charge is 2.17. The van der Waals surface area contributed by atoms with Gasteiger partial charge in [0.2, 0.25) is 0 Å². The summed E-state index contributed by atoms with van der Waals surface area (Å²) >= 11 is 8.66. The van der Waals surface area contributed by atoms with Crippen molar-refractivity contribution in [1.29, 1.82) is 0 Å². The largest absolute Gasteiger partial charge is 0.161 e. The lowest BCUT2D eigenvalue weighted by atomic mass is 10.1. The highest BCUT2D eigenvalue weighted by Crippen LogP contribution is 2.32. The lowest BCUT2D eigenvalue weighted by Gasteiger charge is -1.99. The number of alkyl halides is 1. The third-order valence-corrected chi connectivity index (χ3v) is 4.39. The van der Waals surface area contributed by atoms with Gasteiger partial charge >= 0.3 is 0 Å². The molecule has 2 aromatic rings. The minimum atomic E-state index is 0.360. The van der Waals surface area contributed by atoms with Gasteiger partial charge in [0.1, 0.15) is 9.88 Å². The molecule has 0 spiro atoms. The maximum absolute atomic E-state index is 5.66. The van der Waals surface area contributed by atoms with Crippen LogP contribution < -0.4 is 0 Å². The zero-order valence-corrected chi connectivity index (χ0v) is 12.1. The van der Waals surface area contributed by atoms with Gasteiger partial charge in [0, 0.05) is 12.3 Å². The average molecular weight is 289 g/mol. The van der Waals surface area contributed by atoms with Crippen molar-refractivity contribution >= 4 is 34.5 Å². The molecule has 0 bridgehead atoms. The van der Waals surface area contributed by atoms with E-state index in [1.165, 1.54) is 11.5 Å². The molecule has 7 heteroatoms. The molecule has 0 fully saturated rings. The number of nitrogens with zero attached hydrogens (tertiary/aromatic N) is 4. The van der Waals surface area contributed by atoms with Gasteiger partial charge in [-0.05, 0) is 23.9 Å². The second-order valence-corrected chi connectivity index (χ2v) is 6.13. The zero-order valence-electron chi connectivity index (χ0n) is 9.68. The zero-order chi connectivity index (χ0) is 12.3. The van der Waals surface area contributed by atoms with Crippen LogP contribution in [0.25, 0.3) is 9.88 Å². The van der Waals surface area contributed by atoms with Crippen LogP contribution in [0, 0.1) is 0 Å². The van der Waals surface area contributed by atoms with E-state index in [2.05, 4.69) is 33.6 Å². The van der Waals surface area contributed by atoms with Crippen molar-refractivity contribution in [2.75, 3.05) is 5.88 Å². The highest BCUT2D eigenvalue weighted by atomic mass is 35.5. The van der Waals surface area contributed by atoms with Gasteiger partial charge in [0.05, 0.1) is 5.69 Å². The summed E-state index contributed by atoms with van der Waals surface area (Å²) in [4.78, 5) is 1.05. The van der Waals surface area contributed by atoms with Crippen LogP contribution in [0.3, 0.4) is 0 Å². The molecule has 4 nitrogen and oxygen atoms in total. The van der Waals surface area contributed by atoms with Crippen molar-refractivity contribution < 1.29 is 0 Å². The van der Waals surface area contributed by atoms with Gasteiger partial charge in [-0.3, -0.25) is 0 Å². The van der Waals surface area contributed by atoms with E-state index in [0.717, 1.165) is 33.4 Å². The predicted molar refractivity (Wildman–Crippen MR) is 71.9 cm³/mol. The Morgan fingerprint density at radius 2 is 2.06 bits per heavy atom. The van der Waals surface area contributed by atoms with Crippen molar-refractivity contribution in [2.24, 2.45) is 0 Å². The number of aryl methyl sites for hydroxylation is 1. The van der Waals surface area contributed by atoms with E-state index in [1.807, 2.05) is 0 Å². The van der Waals surface area contributed by atoms with Gasteiger partial charge in [0.15, 0.2) is 5.01 Å². The predicted octanol–water partition coefficient (Wildman–Crippen LogP) is 3.35. The number of halogens is 1. The molecule has 0 unspecified atom stereocenters. The molecule has 0 amide bonds. The number of aromatic nitrogens is 4. The van der Waals surface area contributed by atoms with E-state index in [0.29, 0.717) is 11.8 Å². The van der Waals surface area contributed by atoms with Gasteiger partial charge < -0.3 is 0 Å². The molecule has 2 heterocycles. The van der Waals surface area contributed by atoms with Gasteiger partial charge in [-0.25, -0.2) is 0 Å². The van der Waals surface area contributed by atoms with Crippen LogP contribution in [0.4, 0.5) is 0 Å². The first-order valence-corrected chi connectivity index (χ1v) is 7.55. The molecule has 0 aromatic carbocycles. The Morgan fingerprint density at radius 1 is 1.24 bits per heavy atom. The molecule has 17 heavy (non-hydrogen) atoms. The van der Waals surface area contributed by atoms with Gasteiger partial charge in [-0.1, -0.05) is 29.7 Å². The average Bonchev–Trinajstić information content (AvgIpc) is 2.94. The molecule has 2 aromatic heterocycles. The van der Waals surface area contributed by atoms with E-state index in [1.54, 1.807) is 11.3 Å². The summed E-state index contributed by atoms with van der Waals surface area (Å²) in [7, 11) is 0. The smallest absolute Gasteiger partial charge is 0.143 e. The SMILES string of the molecule is CC(C)c1nnsc1-c1nnc(CCCCl)s1. The molecule has 92 valence electrons. The monoisotopic (exact) mass is 288 g/mol. The Bertz CT molecular complexity index is 480. The summed E-state index contributed by atoms with van der Waals surface area (Å²) in [5, 5.41) is 14.5. The van der Waals surface area contributed by atoms with Crippen molar-refractivity contribution in [2.45, 2.75) is 32.6 Å². The van der Waals surface area contributed by atoms with E-state index >= 15 is 0 Å². The Kier molecular flexibility index (Phi) is 4.42. The number of hydrogen-bond donors (Lipinski definition) is 0. The summed E-state index contributed by atoms with van der Waals surface area (Å²) in [6, 6.07) is 0. The van der Waals surface area contributed by atoms with Crippen LogP contribution in [0.5, 0.6) is 0 Å². The van der Waals surface area contributed by atoms with Crippen LogP contribution in [-0.4, -0.2) is 25.7 Å². The second-order valence-electron chi connectivity index (χ2n) is 3.94. The van der Waals surface area contributed by atoms with E-state index in [4.69, 9.17) is 11.6 Å². The molecule has 0 saturated carbocycles. The van der Waals surface area contributed by atoms with Crippen LogP contribution in [0.1, 0.15) is 36.9 Å². The summed E-state index contributed by atoms with van der Waals surface area (Å²) in [5.41, 5.74) is 1.01. The normalized spacial score (nSPS) is 11.3. The molecule has 0 aliphatic rings. The molecule has 0 N–H and O–H groups in total. The topological polar surface area (TPSA) is 51.6 Å².